The zero-order chi connectivity index (χ0) is 13.7. The predicted octanol–water partition coefficient (Wildman–Crippen LogP) is 2.65. The summed E-state index contributed by atoms with van der Waals surface area (Å²) in [6.07, 6.45) is 1.17. The standard InChI is InChI=1S/C14H18N2O3/c1-3-6-14-15-13(16-19-14)9-18-12-8-5-4-7-11(12)10(2)17/h4-5,7-8,10,17H,3,6,9H2,1-2H3/t10-/m0/s1. The largest absolute Gasteiger partial charge is 0.485 e. The van der Waals surface area contributed by atoms with Crippen molar-refractivity contribution in [2.75, 3.05) is 0 Å². The molecule has 0 saturated carbocycles. The fraction of sp³-hybridized carbons (Fsp3) is 0.429. The lowest BCUT2D eigenvalue weighted by Crippen LogP contribution is -2.02. The molecule has 2 rings (SSSR count). The summed E-state index contributed by atoms with van der Waals surface area (Å²) in [6.45, 7) is 3.99. The fourth-order valence-corrected chi connectivity index (χ4v) is 1.76. The van der Waals surface area contributed by atoms with Crippen LogP contribution in [-0.2, 0) is 13.0 Å². The predicted molar refractivity (Wildman–Crippen MR) is 69.7 cm³/mol. The van der Waals surface area contributed by atoms with Gasteiger partial charge in [-0.05, 0) is 19.4 Å². The molecule has 1 aromatic carbocycles. The maximum atomic E-state index is 9.65. The number of hydrogen-bond acceptors (Lipinski definition) is 5. The molecule has 0 aliphatic heterocycles. The minimum Gasteiger partial charge on any atom is -0.485 e. The van der Waals surface area contributed by atoms with Crippen LogP contribution >= 0.6 is 0 Å². The van der Waals surface area contributed by atoms with Crippen LogP contribution in [0.15, 0.2) is 28.8 Å². The first kappa shape index (κ1) is 13.5. The van der Waals surface area contributed by atoms with Gasteiger partial charge in [0.25, 0.3) is 0 Å². The lowest BCUT2D eigenvalue weighted by molar-refractivity contribution is 0.189. The van der Waals surface area contributed by atoms with Crippen LogP contribution in [0.1, 0.15) is 43.7 Å². The first-order valence-corrected chi connectivity index (χ1v) is 6.42. The van der Waals surface area contributed by atoms with E-state index in [1.807, 2.05) is 24.3 Å². The lowest BCUT2D eigenvalue weighted by atomic mass is 10.1. The van der Waals surface area contributed by atoms with E-state index in [9.17, 15) is 5.11 Å². The van der Waals surface area contributed by atoms with Crippen LogP contribution < -0.4 is 4.74 Å². The molecule has 102 valence electrons. The molecule has 0 aliphatic carbocycles. The molecular formula is C14H18N2O3. The molecule has 1 aromatic heterocycles. The van der Waals surface area contributed by atoms with Gasteiger partial charge in [-0.25, -0.2) is 0 Å². The molecule has 0 amide bonds. The number of aliphatic hydroxyl groups is 1. The van der Waals surface area contributed by atoms with Gasteiger partial charge in [-0.3, -0.25) is 0 Å². The first-order chi connectivity index (χ1) is 9.20. The van der Waals surface area contributed by atoms with E-state index < -0.39 is 6.10 Å². The van der Waals surface area contributed by atoms with Gasteiger partial charge in [-0.2, -0.15) is 4.98 Å². The van der Waals surface area contributed by atoms with Crippen LogP contribution in [0.3, 0.4) is 0 Å². The molecule has 2 aromatic rings. The molecule has 0 bridgehead atoms. The van der Waals surface area contributed by atoms with Crippen molar-refractivity contribution in [1.29, 1.82) is 0 Å². The SMILES string of the molecule is CCCc1nc(COc2ccccc2[C@H](C)O)no1. The quantitative estimate of drug-likeness (QED) is 0.866. The van der Waals surface area contributed by atoms with E-state index in [0.717, 1.165) is 18.4 Å². The van der Waals surface area contributed by atoms with Crippen LogP contribution in [0.5, 0.6) is 5.75 Å². The van der Waals surface area contributed by atoms with Crippen LogP contribution in [-0.4, -0.2) is 15.2 Å². The van der Waals surface area contributed by atoms with E-state index in [1.165, 1.54) is 0 Å². The van der Waals surface area contributed by atoms with Crippen molar-refractivity contribution >= 4 is 0 Å². The van der Waals surface area contributed by atoms with Crippen molar-refractivity contribution in [1.82, 2.24) is 10.1 Å². The summed E-state index contributed by atoms with van der Waals surface area (Å²) in [4.78, 5) is 4.22. The average Bonchev–Trinajstić information content (AvgIpc) is 2.85. The zero-order valence-electron chi connectivity index (χ0n) is 11.2. The van der Waals surface area contributed by atoms with Crippen LogP contribution in [0, 0.1) is 0 Å². The Kier molecular flexibility index (Phi) is 4.52. The van der Waals surface area contributed by atoms with E-state index in [2.05, 4.69) is 17.1 Å². The molecule has 0 saturated heterocycles. The van der Waals surface area contributed by atoms with Crippen molar-refractivity contribution in [3.05, 3.63) is 41.5 Å². The Morgan fingerprint density at radius 1 is 1.37 bits per heavy atom. The Morgan fingerprint density at radius 2 is 2.16 bits per heavy atom. The fourth-order valence-electron chi connectivity index (χ4n) is 1.76. The van der Waals surface area contributed by atoms with Crippen molar-refractivity contribution in [3.63, 3.8) is 0 Å². The number of hydrogen-bond donors (Lipinski definition) is 1. The normalized spacial score (nSPS) is 12.4. The molecule has 1 atom stereocenters. The monoisotopic (exact) mass is 262 g/mol. The number of aryl methyl sites for hydroxylation is 1. The minimum atomic E-state index is -0.572. The van der Waals surface area contributed by atoms with Gasteiger partial charge < -0.3 is 14.4 Å². The first-order valence-electron chi connectivity index (χ1n) is 6.42. The highest BCUT2D eigenvalue weighted by Gasteiger charge is 2.10. The van der Waals surface area contributed by atoms with Gasteiger partial charge in [-0.15, -0.1) is 0 Å². The Morgan fingerprint density at radius 3 is 2.89 bits per heavy atom. The third-order valence-corrected chi connectivity index (χ3v) is 2.70. The third kappa shape index (κ3) is 3.54. The number of aromatic nitrogens is 2. The summed E-state index contributed by atoms with van der Waals surface area (Å²) in [5.74, 6) is 1.79. The summed E-state index contributed by atoms with van der Waals surface area (Å²) in [6, 6.07) is 7.37. The van der Waals surface area contributed by atoms with E-state index in [1.54, 1.807) is 6.92 Å². The maximum absolute atomic E-state index is 9.65. The molecule has 1 heterocycles. The molecule has 19 heavy (non-hydrogen) atoms. The number of benzene rings is 1. The number of rotatable bonds is 6. The lowest BCUT2D eigenvalue weighted by Gasteiger charge is -2.11. The second kappa shape index (κ2) is 6.33. The third-order valence-electron chi connectivity index (χ3n) is 2.70. The van der Waals surface area contributed by atoms with E-state index in [0.29, 0.717) is 17.5 Å². The van der Waals surface area contributed by atoms with Crippen LogP contribution in [0.25, 0.3) is 0 Å². The van der Waals surface area contributed by atoms with Gasteiger partial charge in [0.15, 0.2) is 6.61 Å². The number of para-hydroxylation sites is 1. The highest BCUT2D eigenvalue weighted by molar-refractivity contribution is 5.34. The average molecular weight is 262 g/mol. The molecule has 0 radical (unpaired) electrons. The molecule has 1 N–H and O–H groups in total. The number of ether oxygens (including phenoxy) is 1. The molecule has 0 aliphatic rings. The molecule has 5 nitrogen and oxygen atoms in total. The van der Waals surface area contributed by atoms with Crippen LogP contribution in [0.4, 0.5) is 0 Å². The van der Waals surface area contributed by atoms with Crippen molar-refractivity contribution in [3.8, 4) is 5.75 Å². The Bertz CT molecular complexity index is 523. The van der Waals surface area contributed by atoms with Gasteiger partial charge >= 0.3 is 0 Å². The highest BCUT2D eigenvalue weighted by atomic mass is 16.5. The molecule has 5 heteroatoms. The van der Waals surface area contributed by atoms with Gasteiger partial charge in [0.05, 0.1) is 6.10 Å². The van der Waals surface area contributed by atoms with E-state index in [-0.39, 0.29) is 6.61 Å². The van der Waals surface area contributed by atoms with Crippen LogP contribution in [0.2, 0.25) is 0 Å². The molecule has 0 unspecified atom stereocenters. The molecule has 0 spiro atoms. The van der Waals surface area contributed by atoms with E-state index >= 15 is 0 Å². The summed E-state index contributed by atoms with van der Waals surface area (Å²) in [5.41, 5.74) is 0.750. The second-order valence-corrected chi connectivity index (χ2v) is 4.36. The highest BCUT2D eigenvalue weighted by Crippen LogP contribution is 2.25. The minimum absolute atomic E-state index is 0.233. The summed E-state index contributed by atoms with van der Waals surface area (Å²) in [7, 11) is 0. The Hall–Kier alpha value is -1.88. The van der Waals surface area contributed by atoms with Crippen molar-refractivity contribution in [2.24, 2.45) is 0 Å². The Labute approximate surface area is 112 Å². The van der Waals surface area contributed by atoms with Gasteiger partial charge in [0, 0.05) is 12.0 Å². The number of nitrogens with zero attached hydrogens (tertiary/aromatic N) is 2. The maximum Gasteiger partial charge on any atom is 0.226 e. The van der Waals surface area contributed by atoms with E-state index in [4.69, 9.17) is 9.26 Å². The van der Waals surface area contributed by atoms with Gasteiger partial charge in [0.2, 0.25) is 11.7 Å². The topological polar surface area (TPSA) is 68.4 Å². The summed E-state index contributed by atoms with van der Waals surface area (Å²) < 4.78 is 10.7. The Balaban J connectivity index is 2.01. The summed E-state index contributed by atoms with van der Waals surface area (Å²) >= 11 is 0. The van der Waals surface area contributed by atoms with Crippen molar-refractivity contribution < 1.29 is 14.4 Å². The van der Waals surface area contributed by atoms with Gasteiger partial charge in [0.1, 0.15) is 5.75 Å². The molecule has 0 fully saturated rings. The molecular weight excluding hydrogens is 244 g/mol. The second-order valence-electron chi connectivity index (χ2n) is 4.36. The summed E-state index contributed by atoms with van der Waals surface area (Å²) in [5, 5.41) is 13.5. The smallest absolute Gasteiger partial charge is 0.226 e. The van der Waals surface area contributed by atoms with Gasteiger partial charge in [-0.1, -0.05) is 30.3 Å². The van der Waals surface area contributed by atoms with Crippen molar-refractivity contribution in [2.45, 2.75) is 39.4 Å². The zero-order valence-corrected chi connectivity index (χ0v) is 11.2. The number of aliphatic hydroxyl groups excluding tert-OH is 1.